The molecule has 1 aromatic carbocycles. The molecule has 0 radical (unpaired) electrons. The highest BCUT2D eigenvalue weighted by Crippen LogP contribution is 2.42. The van der Waals surface area contributed by atoms with Crippen LogP contribution in [0.25, 0.3) is 5.57 Å². The van der Waals surface area contributed by atoms with Crippen LogP contribution in [-0.4, -0.2) is 5.78 Å². The first kappa shape index (κ1) is 12.7. The van der Waals surface area contributed by atoms with Crippen molar-refractivity contribution < 1.29 is 4.79 Å². The van der Waals surface area contributed by atoms with Crippen molar-refractivity contribution in [2.24, 2.45) is 11.8 Å². The quantitative estimate of drug-likeness (QED) is 0.752. The maximum atomic E-state index is 12.8. The van der Waals surface area contributed by atoms with Crippen molar-refractivity contribution >= 4 is 11.4 Å². The predicted octanol–water partition coefficient (Wildman–Crippen LogP) is 4.63. The van der Waals surface area contributed by atoms with Gasteiger partial charge in [-0.15, -0.1) is 0 Å². The van der Waals surface area contributed by atoms with Gasteiger partial charge in [0.15, 0.2) is 5.78 Å². The van der Waals surface area contributed by atoms with E-state index in [9.17, 15) is 4.79 Å². The van der Waals surface area contributed by atoms with Gasteiger partial charge in [-0.1, -0.05) is 55.2 Å². The number of ketones is 1. The number of hydrogen-bond acceptors (Lipinski definition) is 1. The molecule has 1 saturated carbocycles. The van der Waals surface area contributed by atoms with Crippen LogP contribution in [0, 0.1) is 11.8 Å². The van der Waals surface area contributed by atoms with Crippen LogP contribution in [0.4, 0.5) is 0 Å². The molecule has 1 fully saturated rings. The van der Waals surface area contributed by atoms with Gasteiger partial charge < -0.3 is 0 Å². The third-order valence-corrected chi connectivity index (χ3v) is 4.82. The maximum Gasteiger partial charge on any atom is 0.167 e. The molecule has 0 saturated heterocycles. The number of carbonyl (C=O) groups is 1. The summed E-state index contributed by atoms with van der Waals surface area (Å²) in [7, 11) is 0. The SMILES string of the molecule is CC1=C(c2ccccc2)C(=O)C(C2CCCCC2)C1. The van der Waals surface area contributed by atoms with Crippen molar-refractivity contribution in [1.82, 2.24) is 0 Å². The van der Waals surface area contributed by atoms with Crippen LogP contribution in [-0.2, 0) is 4.79 Å². The van der Waals surface area contributed by atoms with Gasteiger partial charge in [0.1, 0.15) is 0 Å². The maximum absolute atomic E-state index is 12.8. The second-order valence-electron chi connectivity index (χ2n) is 6.09. The molecule has 2 aliphatic rings. The molecule has 0 aliphatic heterocycles. The lowest BCUT2D eigenvalue weighted by molar-refractivity contribution is -0.118. The minimum Gasteiger partial charge on any atom is -0.294 e. The molecule has 0 spiro atoms. The number of hydrogen-bond donors (Lipinski definition) is 0. The normalized spacial score (nSPS) is 25.1. The Morgan fingerprint density at radius 2 is 1.68 bits per heavy atom. The van der Waals surface area contributed by atoms with E-state index in [0.29, 0.717) is 11.7 Å². The van der Waals surface area contributed by atoms with E-state index in [-0.39, 0.29) is 5.92 Å². The third-order valence-electron chi connectivity index (χ3n) is 4.82. The second-order valence-corrected chi connectivity index (χ2v) is 6.09. The summed E-state index contributed by atoms with van der Waals surface area (Å²) in [5, 5.41) is 0. The number of rotatable bonds is 2. The molecule has 1 aromatic rings. The Morgan fingerprint density at radius 3 is 2.37 bits per heavy atom. The minimum absolute atomic E-state index is 0.274. The van der Waals surface area contributed by atoms with E-state index >= 15 is 0 Å². The van der Waals surface area contributed by atoms with Crippen LogP contribution in [0.1, 0.15) is 51.0 Å². The van der Waals surface area contributed by atoms with Gasteiger partial charge in [0.25, 0.3) is 0 Å². The van der Waals surface area contributed by atoms with E-state index in [2.05, 4.69) is 19.1 Å². The first-order valence-corrected chi connectivity index (χ1v) is 7.57. The molecule has 1 heteroatoms. The van der Waals surface area contributed by atoms with E-state index in [1.165, 1.54) is 37.7 Å². The van der Waals surface area contributed by atoms with Gasteiger partial charge in [0.2, 0.25) is 0 Å². The fourth-order valence-corrected chi connectivity index (χ4v) is 3.83. The van der Waals surface area contributed by atoms with Crippen molar-refractivity contribution in [3.8, 4) is 0 Å². The lowest BCUT2D eigenvalue weighted by Crippen LogP contribution is -2.22. The second kappa shape index (κ2) is 5.32. The Bertz CT molecular complexity index is 492. The van der Waals surface area contributed by atoms with Crippen molar-refractivity contribution in [3.63, 3.8) is 0 Å². The zero-order valence-corrected chi connectivity index (χ0v) is 11.7. The predicted molar refractivity (Wildman–Crippen MR) is 78.7 cm³/mol. The fourth-order valence-electron chi connectivity index (χ4n) is 3.83. The van der Waals surface area contributed by atoms with Crippen molar-refractivity contribution in [2.75, 3.05) is 0 Å². The lowest BCUT2D eigenvalue weighted by atomic mass is 9.77. The molecule has 0 N–H and O–H groups in total. The van der Waals surface area contributed by atoms with Crippen molar-refractivity contribution in [3.05, 3.63) is 41.5 Å². The highest BCUT2D eigenvalue weighted by molar-refractivity contribution is 6.24. The van der Waals surface area contributed by atoms with Crippen LogP contribution < -0.4 is 0 Å². The van der Waals surface area contributed by atoms with Crippen LogP contribution >= 0.6 is 0 Å². The highest BCUT2D eigenvalue weighted by atomic mass is 16.1. The van der Waals surface area contributed by atoms with Crippen LogP contribution in [0.2, 0.25) is 0 Å². The first-order valence-electron chi connectivity index (χ1n) is 7.57. The average Bonchev–Trinajstić information content (AvgIpc) is 2.76. The van der Waals surface area contributed by atoms with Crippen LogP contribution in [0.15, 0.2) is 35.9 Å². The summed E-state index contributed by atoms with van der Waals surface area (Å²) in [5.41, 5.74) is 3.42. The molecule has 0 aromatic heterocycles. The summed E-state index contributed by atoms with van der Waals surface area (Å²) in [5.74, 6) is 1.32. The molecule has 3 rings (SSSR count). The molecule has 100 valence electrons. The summed E-state index contributed by atoms with van der Waals surface area (Å²) in [6.07, 6.45) is 7.49. The third kappa shape index (κ3) is 2.39. The Labute approximate surface area is 115 Å². The van der Waals surface area contributed by atoms with Crippen molar-refractivity contribution in [2.45, 2.75) is 45.4 Å². The van der Waals surface area contributed by atoms with Gasteiger partial charge in [-0.25, -0.2) is 0 Å². The molecule has 2 aliphatic carbocycles. The summed E-state index contributed by atoms with van der Waals surface area (Å²) in [6, 6.07) is 10.2. The zero-order chi connectivity index (χ0) is 13.2. The van der Waals surface area contributed by atoms with E-state index in [1.807, 2.05) is 18.2 Å². The Balaban J connectivity index is 1.83. The van der Waals surface area contributed by atoms with Gasteiger partial charge in [0, 0.05) is 11.5 Å². The molecule has 1 nitrogen and oxygen atoms in total. The van der Waals surface area contributed by atoms with E-state index < -0.39 is 0 Å². The Morgan fingerprint density at radius 1 is 1.00 bits per heavy atom. The lowest BCUT2D eigenvalue weighted by Gasteiger charge is -2.26. The monoisotopic (exact) mass is 254 g/mol. The van der Waals surface area contributed by atoms with Crippen molar-refractivity contribution in [1.29, 1.82) is 0 Å². The zero-order valence-electron chi connectivity index (χ0n) is 11.7. The minimum atomic E-state index is 0.274. The molecule has 19 heavy (non-hydrogen) atoms. The molecular weight excluding hydrogens is 232 g/mol. The Kier molecular flexibility index (Phi) is 3.54. The Hall–Kier alpha value is -1.37. The number of allylic oxidation sites excluding steroid dienone is 2. The highest BCUT2D eigenvalue weighted by Gasteiger charge is 2.37. The van der Waals surface area contributed by atoms with E-state index in [0.717, 1.165) is 17.6 Å². The average molecular weight is 254 g/mol. The molecule has 1 unspecified atom stereocenters. The number of benzene rings is 1. The van der Waals surface area contributed by atoms with Gasteiger partial charge in [-0.3, -0.25) is 4.79 Å². The molecule has 0 heterocycles. The first-order chi connectivity index (χ1) is 9.27. The van der Waals surface area contributed by atoms with Crippen LogP contribution in [0.3, 0.4) is 0 Å². The van der Waals surface area contributed by atoms with Gasteiger partial charge in [-0.2, -0.15) is 0 Å². The largest absolute Gasteiger partial charge is 0.294 e. The van der Waals surface area contributed by atoms with E-state index in [1.54, 1.807) is 0 Å². The smallest absolute Gasteiger partial charge is 0.167 e. The summed E-state index contributed by atoms with van der Waals surface area (Å²) >= 11 is 0. The van der Waals surface area contributed by atoms with E-state index in [4.69, 9.17) is 0 Å². The molecule has 1 atom stereocenters. The van der Waals surface area contributed by atoms with Gasteiger partial charge >= 0.3 is 0 Å². The fraction of sp³-hybridized carbons (Fsp3) is 0.500. The van der Waals surface area contributed by atoms with Crippen LogP contribution in [0.5, 0.6) is 0 Å². The molecular formula is C18H22O. The van der Waals surface area contributed by atoms with Gasteiger partial charge in [-0.05, 0) is 37.7 Å². The van der Waals surface area contributed by atoms with Gasteiger partial charge in [0.05, 0.1) is 0 Å². The topological polar surface area (TPSA) is 17.1 Å². The number of Topliss-reactive ketones (excluding diaryl/α,β-unsaturated/α-hetero) is 1. The number of carbonyl (C=O) groups excluding carboxylic acids is 1. The summed E-state index contributed by atoms with van der Waals surface area (Å²) in [4.78, 5) is 12.8. The summed E-state index contributed by atoms with van der Waals surface area (Å²) in [6.45, 7) is 2.14. The molecule has 0 bridgehead atoms. The molecule has 0 amide bonds. The summed E-state index contributed by atoms with van der Waals surface area (Å²) < 4.78 is 0. The standard InChI is InChI=1S/C18H22O/c1-13-12-16(14-8-4-2-5-9-14)18(19)17(13)15-10-6-3-7-11-15/h3,6-7,10-11,14,16H,2,4-5,8-9,12H2,1H3.